The molecule has 1 unspecified atom stereocenters. The molecule has 2 aromatic carbocycles. The number of amides is 4. The Bertz CT molecular complexity index is 1310. The molecule has 3 aromatic rings. The SMILES string of the molecule is CC(=O)Nc1ccccc1-c1cn(-c2ccc3c(c2)CN(C2CCC(=O)NC2=O)C3=O)nn1. The van der Waals surface area contributed by atoms with Crippen molar-refractivity contribution in [2.24, 2.45) is 0 Å². The van der Waals surface area contributed by atoms with Gasteiger partial charge in [0.2, 0.25) is 17.7 Å². The van der Waals surface area contributed by atoms with E-state index in [2.05, 4.69) is 20.9 Å². The quantitative estimate of drug-likeness (QED) is 0.590. The molecular weight excluding hydrogens is 424 g/mol. The van der Waals surface area contributed by atoms with Gasteiger partial charge in [0.15, 0.2) is 0 Å². The van der Waals surface area contributed by atoms with Crippen LogP contribution in [0.4, 0.5) is 5.69 Å². The van der Waals surface area contributed by atoms with Gasteiger partial charge in [0.1, 0.15) is 11.7 Å². The van der Waals surface area contributed by atoms with Gasteiger partial charge in [-0.15, -0.1) is 5.10 Å². The van der Waals surface area contributed by atoms with Gasteiger partial charge in [-0.05, 0) is 36.2 Å². The third-order valence-corrected chi connectivity index (χ3v) is 5.78. The molecule has 2 aliphatic heterocycles. The first-order valence-corrected chi connectivity index (χ1v) is 10.5. The maximum absolute atomic E-state index is 12.9. The summed E-state index contributed by atoms with van der Waals surface area (Å²) in [6.07, 6.45) is 2.28. The molecule has 10 heteroatoms. The molecule has 5 rings (SSSR count). The lowest BCUT2D eigenvalue weighted by molar-refractivity contribution is -0.137. The number of fused-ring (bicyclic) bond motifs is 1. The first-order chi connectivity index (χ1) is 15.9. The number of hydrogen-bond donors (Lipinski definition) is 2. The van der Waals surface area contributed by atoms with E-state index >= 15 is 0 Å². The third-order valence-electron chi connectivity index (χ3n) is 5.78. The summed E-state index contributed by atoms with van der Waals surface area (Å²) < 4.78 is 1.60. The molecule has 0 bridgehead atoms. The normalized spacial score (nSPS) is 17.7. The lowest BCUT2D eigenvalue weighted by Crippen LogP contribution is -2.52. The molecule has 10 nitrogen and oxygen atoms in total. The van der Waals surface area contributed by atoms with Crippen LogP contribution in [0.1, 0.15) is 35.7 Å². The minimum Gasteiger partial charge on any atom is -0.326 e. The van der Waals surface area contributed by atoms with Crippen LogP contribution in [-0.4, -0.2) is 49.6 Å². The Morgan fingerprint density at radius 2 is 1.94 bits per heavy atom. The number of nitrogens with zero attached hydrogens (tertiary/aromatic N) is 4. The van der Waals surface area contributed by atoms with Crippen LogP contribution in [0.2, 0.25) is 0 Å². The molecule has 1 atom stereocenters. The summed E-state index contributed by atoms with van der Waals surface area (Å²) in [5, 5.41) is 13.5. The second-order valence-electron chi connectivity index (χ2n) is 8.02. The van der Waals surface area contributed by atoms with Crippen molar-refractivity contribution in [2.45, 2.75) is 32.4 Å². The van der Waals surface area contributed by atoms with E-state index in [9.17, 15) is 19.2 Å². The minimum absolute atomic E-state index is 0.182. The molecule has 0 radical (unpaired) electrons. The minimum atomic E-state index is -0.658. The number of aromatic nitrogens is 3. The van der Waals surface area contributed by atoms with Gasteiger partial charge in [-0.2, -0.15) is 0 Å². The first-order valence-electron chi connectivity index (χ1n) is 10.5. The first kappa shape index (κ1) is 20.6. The van der Waals surface area contributed by atoms with Crippen molar-refractivity contribution in [1.29, 1.82) is 0 Å². The van der Waals surface area contributed by atoms with Gasteiger partial charge in [0, 0.05) is 31.0 Å². The molecule has 166 valence electrons. The third kappa shape index (κ3) is 3.75. The Balaban J connectivity index is 1.41. The lowest BCUT2D eigenvalue weighted by atomic mass is 10.0. The topological polar surface area (TPSA) is 126 Å². The highest BCUT2D eigenvalue weighted by atomic mass is 16.2. The van der Waals surface area contributed by atoms with Gasteiger partial charge in [0.05, 0.1) is 17.6 Å². The van der Waals surface area contributed by atoms with E-state index < -0.39 is 11.9 Å². The van der Waals surface area contributed by atoms with Gasteiger partial charge >= 0.3 is 0 Å². The highest BCUT2D eigenvalue weighted by Crippen LogP contribution is 2.30. The van der Waals surface area contributed by atoms with Crippen LogP contribution in [0.5, 0.6) is 0 Å². The Labute approximate surface area is 188 Å². The molecule has 0 spiro atoms. The zero-order valence-electron chi connectivity index (χ0n) is 17.7. The van der Waals surface area contributed by atoms with Crippen molar-refractivity contribution in [2.75, 3.05) is 5.32 Å². The summed E-state index contributed by atoms with van der Waals surface area (Å²) in [4.78, 5) is 49.6. The predicted molar refractivity (Wildman–Crippen MR) is 117 cm³/mol. The molecule has 1 fully saturated rings. The average Bonchev–Trinajstić information content (AvgIpc) is 3.39. The van der Waals surface area contributed by atoms with Gasteiger partial charge in [-0.3, -0.25) is 24.5 Å². The average molecular weight is 444 g/mol. The molecule has 2 aliphatic rings. The number of carbonyl (C=O) groups is 4. The molecule has 3 heterocycles. The molecule has 1 saturated heterocycles. The molecule has 0 aliphatic carbocycles. The molecule has 33 heavy (non-hydrogen) atoms. The maximum atomic E-state index is 12.9. The van der Waals surface area contributed by atoms with Crippen molar-refractivity contribution >= 4 is 29.3 Å². The van der Waals surface area contributed by atoms with E-state index in [1.54, 1.807) is 29.1 Å². The Morgan fingerprint density at radius 1 is 1.12 bits per heavy atom. The lowest BCUT2D eigenvalue weighted by Gasteiger charge is -2.29. The van der Waals surface area contributed by atoms with E-state index in [1.165, 1.54) is 11.8 Å². The van der Waals surface area contributed by atoms with Gasteiger partial charge in [-0.25, -0.2) is 4.68 Å². The van der Waals surface area contributed by atoms with Crippen molar-refractivity contribution in [3.05, 3.63) is 59.8 Å². The van der Waals surface area contributed by atoms with Gasteiger partial charge < -0.3 is 10.2 Å². The fourth-order valence-electron chi connectivity index (χ4n) is 4.22. The molecule has 0 saturated carbocycles. The summed E-state index contributed by atoms with van der Waals surface area (Å²) >= 11 is 0. The van der Waals surface area contributed by atoms with E-state index in [-0.39, 0.29) is 30.7 Å². The second kappa shape index (κ2) is 7.97. The number of para-hydroxylation sites is 1. The largest absolute Gasteiger partial charge is 0.326 e. The van der Waals surface area contributed by atoms with Crippen LogP contribution < -0.4 is 10.6 Å². The number of hydrogen-bond acceptors (Lipinski definition) is 6. The standard InChI is InChI=1S/C23H20N6O4/c1-13(30)24-18-5-3-2-4-17(18)19-12-29(27-26-19)15-6-7-16-14(10-15)11-28(23(16)33)20-8-9-21(31)25-22(20)32/h2-7,10,12,20H,8-9,11H2,1H3,(H,24,30)(H,25,31,32). The second-order valence-corrected chi connectivity index (χ2v) is 8.02. The van der Waals surface area contributed by atoms with E-state index in [0.29, 0.717) is 29.1 Å². The number of anilines is 1. The number of nitrogens with one attached hydrogen (secondary N) is 2. The summed E-state index contributed by atoms with van der Waals surface area (Å²) in [7, 11) is 0. The van der Waals surface area contributed by atoms with Crippen LogP contribution in [0.25, 0.3) is 16.9 Å². The van der Waals surface area contributed by atoms with Gasteiger partial charge in [-0.1, -0.05) is 23.4 Å². The summed E-state index contributed by atoms with van der Waals surface area (Å²) in [5.41, 5.74) is 3.97. The fourth-order valence-corrected chi connectivity index (χ4v) is 4.22. The smallest absolute Gasteiger partial charge is 0.255 e. The number of benzene rings is 2. The van der Waals surface area contributed by atoms with Crippen molar-refractivity contribution < 1.29 is 19.2 Å². The van der Waals surface area contributed by atoms with Crippen molar-refractivity contribution in [1.82, 2.24) is 25.2 Å². The highest BCUT2D eigenvalue weighted by Gasteiger charge is 2.39. The van der Waals surface area contributed by atoms with E-state index in [1.807, 2.05) is 24.3 Å². The van der Waals surface area contributed by atoms with Crippen LogP contribution in [-0.2, 0) is 20.9 Å². The molecular formula is C23H20N6O4. The number of piperidine rings is 1. The predicted octanol–water partition coefficient (Wildman–Crippen LogP) is 1.65. The zero-order valence-corrected chi connectivity index (χ0v) is 17.7. The van der Waals surface area contributed by atoms with Crippen LogP contribution in [0.3, 0.4) is 0 Å². The Kier molecular flexibility index (Phi) is 4.97. The maximum Gasteiger partial charge on any atom is 0.255 e. The monoisotopic (exact) mass is 444 g/mol. The summed E-state index contributed by atoms with van der Waals surface area (Å²) in [6, 6.07) is 12.0. The van der Waals surface area contributed by atoms with Crippen LogP contribution >= 0.6 is 0 Å². The van der Waals surface area contributed by atoms with E-state index in [4.69, 9.17) is 0 Å². The van der Waals surface area contributed by atoms with Crippen molar-refractivity contribution in [3.63, 3.8) is 0 Å². The number of rotatable bonds is 4. The van der Waals surface area contributed by atoms with Crippen LogP contribution in [0, 0.1) is 0 Å². The number of carbonyl (C=O) groups excluding carboxylic acids is 4. The molecule has 2 N–H and O–H groups in total. The summed E-state index contributed by atoms with van der Waals surface area (Å²) in [5.74, 6) is -1.16. The van der Waals surface area contributed by atoms with Gasteiger partial charge in [0.25, 0.3) is 5.91 Å². The molecule has 4 amide bonds. The number of imide groups is 1. The van der Waals surface area contributed by atoms with Crippen molar-refractivity contribution in [3.8, 4) is 16.9 Å². The zero-order chi connectivity index (χ0) is 23.1. The Morgan fingerprint density at radius 3 is 2.73 bits per heavy atom. The summed E-state index contributed by atoms with van der Waals surface area (Å²) in [6.45, 7) is 1.72. The fraction of sp³-hybridized carbons (Fsp3) is 0.217. The molecule has 1 aromatic heterocycles. The van der Waals surface area contributed by atoms with Crippen LogP contribution in [0.15, 0.2) is 48.7 Å². The highest BCUT2D eigenvalue weighted by molar-refractivity contribution is 6.05. The van der Waals surface area contributed by atoms with E-state index in [0.717, 1.165) is 11.1 Å². The Hall–Kier alpha value is -4.34.